The molecule has 0 aliphatic carbocycles. The monoisotopic (exact) mass is 888 g/mol. The van der Waals surface area contributed by atoms with Crippen molar-refractivity contribution in [3.05, 3.63) is 12.2 Å². The molecule has 0 bridgehead atoms. The minimum absolute atomic E-state index is 0.0248. The molecule has 4 heteroatoms. The smallest absolute Gasteiger partial charge is 0.220 e. The third kappa shape index (κ3) is 52.0. The number of hydrogen-bond acceptors (Lipinski definition) is 3. The molecule has 3 N–H and O–H groups in total. The maximum atomic E-state index is 12.4. The predicted octanol–water partition coefficient (Wildman–Crippen LogP) is 19.3. The van der Waals surface area contributed by atoms with Gasteiger partial charge in [0.25, 0.3) is 0 Å². The van der Waals surface area contributed by atoms with Gasteiger partial charge in [-0.1, -0.05) is 309 Å². The zero-order chi connectivity index (χ0) is 45.6. The number of amides is 1. The Morgan fingerprint density at radius 1 is 0.365 bits per heavy atom. The van der Waals surface area contributed by atoms with E-state index < -0.39 is 12.1 Å². The Morgan fingerprint density at radius 2 is 0.603 bits per heavy atom. The molecule has 0 aromatic carbocycles. The van der Waals surface area contributed by atoms with Gasteiger partial charge in [-0.2, -0.15) is 0 Å². The van der Waals surface area contributed by atoms with E-state index in [4.69, 9.17) is 0 Å². The van der Waals surface area contributed by atoms with Gasteiger partial charge in [0.15, 0.2) is 0 Å². The second-order valence-corrected chi connectivity index (χ2v) is 20.4. The van der Waals surface area contributed by atoms with Crippen molar-refractivity contribution in [2.24, 2.45) is 0 Å². The largest absolute Gasteiger partial charge is 0.394 e. The second-order valence-electron chi connectivity index (χ2n) is 20.4. The lowest BCUT2D eigenvalue weighted by Gasteiger charge is -2.22. The number of aliphatic hydroxyl groups is 2. The lowest BCUT2D eigenvalue weighted by molar-refractivity contribution is -0.123. The van der Waals surface area contributed by atoms with E-state index in [1.807, 2.05) is 0 Å². The summed E-state index contributed by atoms with van der Waals surface area (Å²) in [4.78, 5) is 12.4. The van der Waals surface area contributed by atoms with Crippen LogP contribution in [0.3, 0.4) is 0 Å². The van der Waals surface area contributed by atoms with Crippen LogP contribution in [-0.2, 0) is 4.79 Å². The number of aliphatic hydroxyl groups excluding tert-OH is 2. The van der Waals surface area contributed by atoms with Gasteiger partial charge >= 0.3 is 0 Å². The van der Waals surface area contributed by atoms with Crippen LogP contribution in [0, 0.1) is 0 Å². The number of allylic oxidation sites excluding steroid dienone is 2. The Balaban J connectivity index is 3.32. The molecular formula is C59H117NO3. The maximum Gasteiger partial charge on any atom is 0.220 e. The van der Waals surface area contributed by atoms with Crippen molar-refractivity contribution in [3.63, 3.8) is 0 Å². The maximum absolute atomic E-state index is 12.4. The van der Waals surface area contributed by atoms with Gasteiger partial charge in [0.05, 0.1) is 18.8 Å². The summed E-state index contributed by atoms with van der Waals surface area (Å²) in [5.74, 6) is -0.0248. The molecule has 4 nitrogen and oxygen atoms in total. The van der Waals surface area contributed by atoms with Crippen LogP contribution in [0.4, 0.5) is 0 Å². The highest BCUT2D eigenvalue weighted by Crippen LogP contribution is 2.18. The molecule has 376 valence electrons. The topological polar surface area (TPSA) is 69.6 Å². The first-order valence-corrected chi connectivity index (χ1v) is 29.4. The van der Waals surface area contributed by atoms with Crippen LogP contribution < -0.4 is 5.32 Å². The Bertz CT molecular complexity index is 875. The molecule has 1 amide bonds. The fraction of sp³-hybridized carbons (Fsp3) is 0.949. The molecule has 2 atom stereocenters. The molecular weight excluding hydrogens is 771 g/mol. The molecule has 0 spiro atoms. The van der Waals surface area contributed by atoms with Gasteiger partial charge in [0, 0.05) is 6.42 Å². The number of carbonyl (C=O) groups is 1. The van der Waals surface area contributed by atoms with Gasteiger partial charge in [0.1, 0.15) is 0 Å². The summed E-state index contributed by atoms with van der Waals surface area (Å²) in [7, 11) is 0. The first kappa shape index (κ1) is 62.1. The van der Waals surface area contributed by atoms with Gasteiger partial charge < -0.3 is 15.5 Å². The average molecular weight is 889 g/mol. The Hall–Kier alpha value is -0.870. The molecule has 2 unspecified atom stereocenters. The average Bonchev–Trinajstić information content (AvgIpc) is 3.29. The van der Waals surface area contributed by atoms with Gasteiger partial charge in [-0.3, -0.25) is 4.79 Å². The molecule has 0 aliphatic heterocycles. The molecule has 0 saturated carbocycles. The SMILES string of the molecule is CCCCCCCCCC/C=C\CCCCCCCCCCCCCCCCCCCCCCCCCCCCCC(=O)NC(CO)C(O)CCCCCCCCCCCCCC. The van der Waals surface area contributed by atoms with Crippen molar-refractivity contribution in [1.82, 2.24) is 5.32 Å². The summed E-state index contributed by atoms with van der Waals surface area (Å²) in [6.45, 7) is 4.38. The summed E-state index contributed by atoms with van der Waals surface area (Å²) in [6.07, 6.45) is 72.3. The highest BCUT2D eigenvalue weighted by molar-refractivity contribution is 5.76. The van der Waals surface area contributed by atoms with Crippen LogP contribution in [0.25, 0.3) is 0 Å². The quantitative estimate of drug-likeness (QED) is 0.0421. The summed E-state index contributed by atoms with van der Waals surface area (Å²) in [5, 5.41) is 23.2. The van der Waals surface area contributed by atoms with Gasteiger partial charge in [-0.25, -0.2) is 0 Å². The lowest BCUT2D eigenvalue weighted by atomic mass is 10.0. The Morgan fingerprint density at radius 3 is 0.873 bits per heavy atom. The number of unbranched alkanes of at least 4 members (excludes halogenated alkanes) is 46. The number of rotatable bonds is 55. The summed E-state index contributed by atoms with van der Waals surface area (Å²) in [5.41, 5.74) is 0. The number of carbonyl (C=O) groups excluding carboxylic acids is 1. The van der Waals surface area contributed by atoms with Crippen LogP contribution >= 0.6 is 0 Å². The Kier molecular flexibility index (Phi) is 54.7. The zero-order valence-corrected chi connectivity index (χ0v) is 43.4. The molecule has 0 saturated heterocycles. The van der Waals surface area contributed by atoms with E-state index in [1.54, 1.807) is 0 Å². The minimum atomic E-state index is -0.654. The van der Waals surface area contributed by atoms with Crippen LogP contribution in [0.5, 0.6) is 0 Å². The number of nitrogens with one attached hydrogen (secondary N) is 1. The van der Waals surface area contributed by atoms with E-state index >= 15 is 0 Å². The van der Waals surface area contributed by atoms with E-state index in [2.05, 4.69) is 31.3 Å². The zero-order valence-electron chi connectivity index (χ0n) is 43.4. The molecule has 0 aliphatic rings. The van der Waals surface area contributed by atoms with Crippen molar-refractivity contribution in [1.29, 1.82) is 0 Å². The van der Waals surface area contributed by atoms with E-state index in [-0.39, 0.29) is 12.5 Å². The van der Waals surface area contributed by atoms with Crippen molar-refractivity contribution in [3.8, 4) is 0 Å². The molecule has 0 aromatic heterocycles. The van der Waals surface area contributed by atoms with Crippen molar-refractivity contribution < 1.29 is 15.0 Å². The molecule has 63 heavy (non-hydrogen) atoms. The summed E-state index contributed by atoms with van der Waals surface area (Å²) >= 11 is 0. The highest BCUT2D eigenvalue weighted by atomic mass is 16.3. The first-order chi connectivity index (χ1) is 31.2. The van der Waals surface area contributed by atoms with Gasteiger partial charge in [-0.15, -0.1) is 0 Å². The Labute approximate surface area is 397 Å². The molecule has 0 aromatic rings. The third-order valence-corrected chi connectivity index (χ3v) is 14.0. The lowest BCUT2D eigenvalue weighted by Crippen LogP contribution is -2.45. The van der Waals surface area contributed by atoms with E-state index in [1.165, 1.54) is 289 Å². The fourth-order valence-electron chi connectivity index (χ4n) is 9.54. The molecule has 0 rings (SSSR count). The summed E-state index contributed by atoms with van der Waals surface area (Å²) in [6, 6.07) is -0.531. The van der Waals surface area contributed by atoms with Crippen LogP contribution in [-0.4, -0.2) is 34.9 Å². The fourth-order valence-corrected chi connectivity index (χ4v) is 9.54. The van der Waals surface area contributed by atoms with Crippen LogP contribution in [0.15, 0.2) is 12.2 Å². The van der Waals surface area contributed by atoms with Crippen molar-refractivity contribution in [2.45, 2.75) is 353 Å². The molecule has 0 fully saturated rings. The van der Waals surface area contributed by atoms with Crippen LogP contribution in [0.1, 0.15) is 341 Å². The van der Waals surface area contributed by atoms with E-state index in [0.29, 0.717) is 12.8 Å². The third-order valence-electron chi connectivity index (χ3n) is 14.0. The highest BCUT2D eigenvalue weighted by Gasteiger charge is 2.20. The molecule has 0 heterocycles. The minimum Gasteiger partial charge on any atom is -0.394 e. The van der Waals surface area contributed by atoms with Gasteiger partial charge in [0.2, 0.25) is 5.91 Å². The van der Waals surface area contributed by atoms with E-state index in [0.717, 1.165) is 25.7 Å². The van der Waals surface area contributed by atoms with Crippen molar-refractivity contribution >= 4 is 5.91 Å². The molecule has 0 radical (unpaired) electrons. The summed E-state index contributed by atoms with van der Waals surface area (Å²) < 4.78 is 0. The van der Waals surface area contributed by atoms with E-state index in [9.17, 15) is 15.0 Å². The number of hydrogen-bond donors (Lipinski definition) is 3. The standard InChI is InChI=1S/C59H117NO3/c1-3-5-7-9-11-13-15-17-18-19-20-21-22-23-24-25-26-27-28-29-30-31-32-33-34-35-36-37-38-39-40-41-42-43-45-47-49-51-53-55-59(63)60-57(56-61)58(62)54-52-50-48-46-44-16-14-12-10-8-6-4-2/h19-20,57-58,61-62H,3-18,21-56H2,1-2H3,(H,60,63)/b20-19-. The van der Waals surface area contributed by atoms with Gasteiger partial charge in [-0.05, 0) is 38.5 Å². The van der Waals surface area contributed by atoms with Crippen LogP contribution in [0.2, 0.25) is 0 Å². The predicted molar refractivity (Wildman–Crippen MR) is 281 cm³/mol. The second kappa shape index (κ2) is 55.5. The normalized spacial score (nSPS) is 12.8. The first-order valence-electron chi connectivity index (χ1n) is 29.4. The van der Waals surface area contributed by atoms with Crippen molar-refractivity contribution in [2.75, 3.05) is 6.61 Å².